The highest BCUT2D eigenvalue weighted by molar-refractivity contribution is 7.92. The van der Waals surface area contributed by atoms with Gasteiger partial charge < -0.3 is 10.5 Å². The van der Waals surface area contributed by atoms with Crippen molar-refractivity contribution < 1.29 is 17.9 Å². The number of nitrogen functional groups attached to an aromatic ring is 1. The molecule has 0 saturated heterocycles. The maximum absolute atomic E-state index is 12.3. The lowest BCUT2D eigenvalue weighted by atomic mass is 10.0. The third-order valence-electron chi connectivity index (χ3n) is 3.31. The smallest absolute Gasteiger partial charge is 0.306 e. The van der Waals surface area contributed by atoms with Crippen LogP contribution in [0.15, 0.2) is 18.2 Å². The summed E-state index contributed by atoms with van der Waals surface area (Å²) in [6.45, 7) is 0.431. The van der Waals surface area contributed by atoms with Crippen LogP contribution in [0.3, 0.4) is 0 Å². The summed E-state index contributed by atoms with van der Waals surface area (Å²) in [5, 5.41) is 0. The summed E-state index contributed by atoms with van der Waals surface area (Å²) < 4.78 is 30.5. The number of aryl methyl sites for hydroxylation is 1. The Labute approximate surface area is 118 Å². The number of benzene rings is 1. The summed E-state index contributed by atoms with van der Waals surface area (Å²) in [5.74, 6) is -0.771. The van der Waals surface area contributed by atoms with Crippen LogP contribution in [0.1, 0.15) is 18.4 Å². The Morgan fingerprint density at radius 1 is 1.45 bits per heavy atom. The number of methoxy groups -OCH3 is 1. The number of anilines is 2. The van der Waals surface area contributed by atoms with E-state index in [1.807, 2.05) is 0 Å². The van der Waals surface area contributed by atoms with E-state index >= 15 is 0 Å². The summed E-state index contributed by atoms with van der Waals surface area (Å²) >= 11 is 0. The van der Waals surface area contributed by atoms with Crippen LogP contribution in [0.4, 0.5) is 11.4 Å². The number of nitrogens with zero attached hydrogens (tertiary/aromatic N) is 1. The summed E-state index contributed by atoms with van der Waals surface area (Å²) in [5.41, 5.74) is 7.94. The molecule has 0 radical (unpaired) electrons. The third kappa shape index (κ3) is 3.04. The van der Waals surface area contributed by atoms with Crippen molar-refractivity contribution in [3.63, 3.8) is 0 Å². The van der Waals surface area contributed by atoms with Crippen LogP contribution >= 0.6 is 0 Å². The molecule has 0 aromatic heterocycles. The quantitative estimate of drug-likeness (QED) is 0.659. The van der Waals surface area contributed by atoms with Crippen molar-refractivity contribution in [1.29, 1.82) is 0 Å². The van der Waals surface area contributed by atoms with Crippen molar-refractivity contribution >= 4 is 27.4 Å². The molecule has 0 spiro atoms. The monoisotopic (exact) mass is 298 g/mol. The third-order valence-corrected chi connectivity index (χ3v) is 5.08. The molecule has 1 heterocycles. The lowest BCUT2D eigenvalue weighted by molar-refractivity contribution is -0.140. The summed E-state index contributed by atoms with van der Waals surface area (Å²) in [4.78, 5) is 11.1. The Balaban J connectivity index is 2.24. The molecule has 0 saturated carbocycles. The van der Waals surface area contributed by atoms with Crippen LogP contribution < -0.4 is 10.0 Å². The van der Waals surface area contributed by atoms with Gasteiger partial charge >= 0.3 is 5.97 Å². The van der Waals surface area contributed by atoms with Crippen molar-refractivity contribution in [2.24, 2.45) is 0 Å². The average molecular weight is 298 g/mol. The molecule has 0 bridgehead atoms. The van der Waals surface area contributed by atoms with Gasteiger partial charge in [-0.3, -0.25) is 9.10 Å². The van der Waals surface area contributed by atoms with Gasteiger partial charge in [-0.15, -0.1) is 0 Å². The zero-order valence-corrected chi connectivity index (χ0v) is 12.1. The predicted molar refractivity (Wildman–Crippen MR) is 76.9 cm³/mol. The number of sulfonamides is 1. The summed E-state index contributed by atoms with van der Waals surface area (Å²) in [6, 6.07) is 5.21. The van der Waals surface area contributed by atoms with E-state index in [1.54, 1.807) is 18.2 Å². The second-order valence-corrected chi connectivity index (χ2v) is 6.72. The van der Waals surface area contributed by atoms with Gasteiger partial charge in [0.25, 0.3) is 0 Å². The highest BCUT2D eigenvalue weighted by Crippen LogP contribution is 2.31. The summed E-state index contributed by atoms with van der Waals surface area (Å²) in [6.07, 6.45) is 1.41. The first-order chi connectivity index (χ1) is 9.44. The molecule has 2 N–H and O–H groups in total. The van der Waals surface area contributed by atoms with E-state index < -0.39 is 16.0 Å². The molecule has 6 nitrogen and oxygen atoms in total. The van der Waals surface area contributed by atoms with Crippen LogP contribution in [-0.2, 0) is 26.0 Å². The van der Waals surface area contributed by atoms with Gasteiger partial charge in [0.15, 0.2) is 0 Å². The molecule has 0 atom stereocenters. The molecule has 0 fully saturated rings. The fourth-order valence-corrected chi connectivity index (χ4v) is 3.83. The molecule has 2 rings (SSSR count). The lowest BCUT2D eigenvalue weighted by Gasteiger charge is -2.30. The summed E-state index contributed by atoms with van der Waals surface area (Å²) in [7, 11) is -2.28. The number of carbonyl (C=O) groups is 1. The Morgan fingerprint density at radius 3 is 2.90 bits per heavy atom. The fraction of sp³-hybridized carbons (Fsp3) is 0.462. The second kappa shape index (κ2) is 5.70. The Kier molecular flexibility index (Phi) is 4.17. The van der Waals surface area contributed by atoms with Crippen molar-refractivity contribution in [3.05, 3.63) is 23.8 Å². The maximum atomic E-state index is 12.3. The van der Waals surface area contributed by atoms with Crippen molar-refractivity contribution in [3.8, 4) is 0 Å². The number of carbonyl (C=O) groups excluding carboxylic acids is 1. The van der Waals surface area contributed by atoms with Gasteiger partial charge in [-0.05, 0) is 36.6 Å². The van der Waals surface area contributed by atoms with Crippen molar-refractivity contribution in [2.45, 2.75) is 19.3 Å². The largest absolute Gasteiger partial charge is 0.469 e. The maximum Gasteiger partial charge on any atom is 0.306 e. The molecule has 1 aliphatic rings. The van der Waals surface area contributed by atoms with Crippen LogP contribution in [0.2, 0.25) is 0 Å². The topological polar surface area (TPSA) is 89.7 Å². The highest BCUT2D eigenvalue weighted by Gasteiger charge is 2.28. The lowest BCUT2D eigenvalue weighted by Crippen LogP contribution is -2.37. The number of esters is 1. The van der Waals surface area contributed by atoms with E-state index in [9.17, 15) is 13.2 Å². The van der Waals surface area contributed by atoms with E-state index in [1.165, 1.54) is 11.4 Å². The minimum absolute atomic E-state index is 0.139. The molecule has 0 amide bonds. The van der Waals surface area contributed by atoms with E-state index in [0.717, 1.165) is 18.4 Å². The molecule has 20 heavy (non-hydrogen) atoms. The number of hydrogen-bond acceptors (Lipinski definition) is 5. The Hall–Kier alpha value is -1.76. The number of rotatable bonds is 4. The SMILES string of the molecule is COC(=O)CCS(=O)(=O)N1CCCc2cc(N)ccc21. The van der Waals surface area contributed by atoms with E-state index in [0.29, 0.717) is 17.9 Å². The molecule has 1 aliphatic heterocycles. The molecule has 0 unspecified atom stereocenters. The number of fused-ring (bicyclic) bond motifs is 1. The van der Waals surface area contributed by atoms with Gasteiger partial charge in [-0.25, -0.2) is 8.42 Å². The van der Waals surface area contributed by atoms with Crippen molar-refractivity contribution in [1.82, 2.24) is 0 Å². The van der Waals surface area contributed by atoms with E-state index in [-0.39, 0.29) is 12.2 Å². The molecular weight excluding hydrogens is 280 g/mol. The van der Waals surface area contributed by atoms with Crippen LogP contribution in [0.25, 0.3) is 0 Å². The molecule has 0 aliphatic carbocycles. The van der Waals surface area contributed by atoms with Gasteiger partial charge in [-0.1, -0.05) is 0 Å². The van der Waals surface area contributed by atoms with Crippen LogP contribution in [0, 0.1) is 0 Å². The molecule has 1 aromatic carbocycles. The first-order valence-corrected chi connectivity index (χ1v) is 8.00. The van der Waals surface area contributed by atoms with Gasteiger partial charge in [-0.2, -0.15) is 0 Å². The Bertz CT molecular complexity index is 613. The molecule has 110 valence electrons. The van der Waals surface area contributed by atoms with Crippen LogP contribution in [0.5, 0.6) is 0 Å². The molecule has 1 aromatic rings. The van der Waals surface area contributed by atoms with Gasteiger partial charge in [0.1, 0.15) is 0 Å². The van der Waals surface area contributed by atoms with E-state index in [2.05, 4.69) is 4.74 Å². The molecular formula is C13H18N2O4S. The second-order valence-electron chi connectivity index (χ2n) is 4.71. The zero-order valence-electron chi connectivity index (χ0n) is 11.3. The number of hydrogen-bond donors (Lipinski definition) is 1. The number of ether oxygens (including phenoxy) is 1. The highest BCUT2D eigenvalue weighted by atomic mass is 32.2. The minimum atomic E-state index is -3.52. The fourth-order valence-electron chi connectivity index (χ4n) is 2.30. The van der Waals surface area contributed by atoms with Crippen LogP contribution in [-0.4, -0.2) is 33.8 Å². The Morgan fingerprint density at radius 2 is 2.20 bits per heavy atom. The first-order valence-electron chi connectivity index (χ1n) is 6.39. The van der Waals surface area contributed by atoms with Gasteiger partial charge in [0, 0.05) is 12.2 Å². The normalized spacial score (nSPS) is 14.8. The molecule has 7 heteroatoms. The van der Waals surface area contributed by atoms with E-state index in [4.69, 9.17) is 5.73 Å². The van der Waals surface area contributed by atoms with Crippen molar-refractivity contribution in [2.75, 3.05) is 29.4 Å². The minimum Gasteiger partial charge on any atom is -0.469 e. The van der Waals surface area contributed by atoms with Gasteiger partial charge in [0.2, 0.25) is 10.0 Å². The predicted octanol–water partition coefficient (Wildman–Crippen LogP) is 0.914. The number of nitrogens with two attached hydrogens (primary N) is 1. The first kappa shape index (κ1) is 14.6. The average Bonchev–Trinajstić information content (AvgIpc) is 2.43. The zero-order chi connectivity index (χ0) is 14.8. The van der Waals surface area contributed by atoms with Gasteiger partial charge in [0.05, 0.1) is 25.0 Å². The standard InChI is InChI=1S/C13H18N2O4S/c1-19-13(16)6-8-20(17,18)15-7-2-3-10-9-11(14)4-5-12(10)15/h4-5,9H,2-3,6-8,14H2,1H3.